The number of nitrogen functional groups attached to an aromatic ring is 1. The quantitative estimate of drug-likeness (QED) is 0.488. The molecule has 0 saturated heterocycles. The third-order valence-corrected chi connectivity index (χ3v) is 3.75. The number of hydrogen-bond acceptors (Lipinski definition) is 4. The predicted molar refractivity (Wildman–Crippen MR) is 104 cm³/mol. The Labute approximate surface area is 165 Å². The van der Waals surface area contributed by atoms with Gasteiger partial charge in [0.25, 0.3) is 0 Å². The second-order valence-corrected chi connectivity index (χ2v) is 5.87. The summed E-state index contributed by atoms with van der Waals surface area (Å²) in [6.45, 7) is 0. The molecule has 0 unspecified atom stereocenters. The van der Waals surface area contributed by atoms with Crippen molar-refractivity contribution in [3.05, 3.63) is 91.5 Å². The molecule has 5 nitrogen and oxygen atoms in total. The Bertz CT molecular complexity index is 1020. The van der Waals surface area contributed by atoms with Crippen molar-refractivity contribution in [1.29, 1.82) is 0 Å². The Hall–Kier alpha value is -3.81. The first-order valence-corrected chi connectivity index (χ1v) is 8.52. The lowest BCUT2D eigenvalue weighted by Crippen LogP contribution is -2.17. The monoisotopic (exact) mass is 398 g/mol. The van der Waals surface area contributed by atoms with Gasteiger partial charge in [-0.15, -0.1) is 13.2 Å². The molecule has 0 radical (unpaired) electrons. The molecule has 148 valence electrons. The Balaban J connectivity index is 0.000000169. The van der Waals surface area contributed by atoms with Crippen molar-refractivity contribution in [3.63, 3.8) is 0 Å². The first kappa shape index (κ1) is 19.9. The maximum absolute atomic E-state index is 11.9. The molecular weight excluding hydrogens is 381 g/mol. The van der Waals surface area contributed by atoms with E-state index in [0.29, 0.717) is 5.69 Å². The van der Waals surface area contributed by atoms with Gasteiger partial charge in [-0.2, -0.15) is 5.10 Å². The first-order chi connectivity index (χ1) is 13.9. The Morgan fingerprint density at radius 3 is 2.10 bits per heavy atom. The molecule has 2 N–H and O–H groups in total. The van der Waals surface area contributed by atoms with Crippen LogP contribution in [0.15, 0.2) is 91.5 Å². The number of rotatable bonds is 3. The molecule has 0 spiro atoms. The maximum atomic E-state index is 11.9. The zero-order chi connectivity index (χ0) is 20.7. The average molecular weight is 398 g/mol. The van der Waals surface area contributed by atoms with Crippen molar-refractivity contribution >= 4 is 5.69 Å². The van der Waals surface area contributed by atoms with Gasteiger partial charge >= 0.3 is 6.36 Å². The summed E-state index contributed by atoms with van der Waals surface area (Å²) in [5.74, 6) is -0.267. The molecule has 4 aromatic rings. The van der Waals surface area contributed by atoms with Crippen LogP contribution in [-0.2, 0) is 0 Å². The summed E-state index contributed by atoms with van der Waals surface area (Å²) >= 11 is 0. The molecule has 4 rings (SSSR count). The van der Waals surface area contributed by atoms with Crippen LogP contribution < -0.4 is 10.5 Å². The van der Waals surface area contributed by atoms with E-state index in [9.17, 15) is 13.2 Å². The van der Waals surface area contributed by atoms with Crippen LogP contribution in [-0.4, -0.2) is 21.1 Å². The van der Waals surface area contributed by atoms with E-state index < -0.39 is 6.36 Å². The van der Waals surface area contributed by atoms with Crippen LogP contribution >= 0.6 is 0 Å². The molecule has 8 heteroatoms. The lowest BCUT2D eigenvalue weighted by atomic mass is 10.1. The van der Waals surface area contributed by atoms with Gasteiger partial charge in [-0.05, 0) is 47.5 Å². The van der Waals surface area contributed by atoms with Crippen molar-refractivity contribution in [2.75, 3.05) is 5.73 Å². The van der Waals surface area contributed by atoms with Crippen LogP contribution in [0, 0.1) is 0 Å². The fraction of sp³-hybridized carbons (Fsp3) is 0.0476. The lowest BCUT2D eigenvalue weighted by molar-refractivity contribution is -0.274. The molecule has 29 heavy (non-hydrogen) atoms. The number of aromatic nitrogens is 3. The molecule has 0 saturated carbocycles. The minimum absolute atomic E-state index is 0.267. The molecule has 0 aliphatic carbocycles. The molecular formula is C21H17F3N4O. The topological polar surface area (TPSA) is 66.0 Å². The van der Waals surface area contributed by atoms with Gasteiger partial charge in [0, 0.05) is 5.69 Å². The summed E-state index contributed by atoms with van der Waals surface area (Å²) in [4.78, 5) is 3.72. The summed E-state index contributed by atoms with van der Waals surface area (Å²) in [6.07, 6.45) is -1.89. The van der Waals surface area contributed by atoms with Crippen LogP contribution in [0.5, 0.6) is 5.75 Å². The number of nitrogens with two attached hydrogens (primary N) is 1. The smallest absolute Gasteiger partial charge is 0.406 e. The van der Waals surface area contributed by atoms with Crippen LogP contribution in [0.3, 0.4) is 0 Å². The molecule has 0 atom stereocenters. The third-order valence-electron chi connectivity index (χ3n) is 3.75. The summed E-state index contributed by atoms with van der Waals surface area (Å²) in [5.41, 5.74) is 9.48. The van der Waals surface area contributed by atoms with Gasteiger partial charge < -0.3 is 10.5 Å². The number of benzene rings is 3. The lowest BCUT2D eigenvalue weighted by Gasteiger charge is -2.08. The van der Waals surface area contributed by atoms with Gasteiger partial charge in [0.2, 0.25) is 0 Å². The normalized spacial score (nSPS) is 10.7. The van der Waals surface area contributed by atoms with E-state index in [1.54, 1.807) is 0 Å². The SMILES string of the molecule is FC(F)(F)Oc1ccc(-n2cncn2)cc1.Nc1cccc(-c2ccccc2)c1. The second-order valence-electron chi connectivity index (χ2n) is 5.87. The second kappa shape index (κ2) is 8.92. The molecule has 3 aromatic carbocycles. The Morgan fingerprint density at radius 1 is 0.828 bits per heavy atom. The van der Waals surface area contributed by atoms with Crippen LogP contribution in [0.4, 0.5) is 18.9 Å². The summed E-state index contributed by atoms with van der Waals surface area (Å²) in [5, 5.41) is 3.83. The highest BCUT2D eigenvalue weighted by Gasteiger charge is 2.30. The highest BCUT2D eigenvalue weighted by molar-refractivity contribution is 5.66. The fourth-order valence-electron chi connectivity index (χ4n) is 2.49. The summed E-state index contributed by atoms with van der Waals surface area (Å²) in [7, 11) is 0. The van der Waals surface area contributed by atoms with E-state index in [0.717, 1.165) is 5.69 Å². The largest absolute Gasteiger partial charge is 0.573 e. The first-order valence-electron chi connectivity index (χ1n) is 8.52. The molecule has 1 aromatic heterocycles. The van der Waals surface area contributed by atoms with Crippen molar-refractivity contribution in [2.24, 2.45) is 0 Å². The zero-order valence-corrected chi connectivity index (χ0v) is 15.1. The third kappa shape index (κ3) is 6.10. The van der Waals surface area contributed by atoms with Gasteiger partial charge in [0.05, 0.1) is 5.69 Å². The van der Waals surface area contributed by atoms with Crippen LogP contribution in [0.1, 0.15) is 0 Å². The predicted octanol–water partition coefficient (Wildman–Crippen LogP) is 5.10. The fourth-order valence-corrected chi connectivity index (χ4v) is 2.49. The average Bonchev–Trinajstić information content (AvgIpc) is 3.23. The van der Waals surface area contributed by atoms with Crippen molar-refractivity contribution in [3.8, 4) is 22.6 Å². The molecule has 0 aliphatic heterocycles. The minimum Gasteiger partial charge on any atom is -0.406 e. The highest BCUT2D eigenvalue weighted by atomic mass is 19.4. The van der Waals surface area contributed by atoms with E-state index in [-0.39, 0.29) is 5.75 Å². The van der Waals surface area contributed by atoms with Crippen molar-refractivity contribution in [1.82, 2.24) is 14.8 Å². The number of ether oxygens (including phenoxy) is 1. The molecule has 0 fully saturated rings. The van der Waals surface area contributed by atoms with Gasteiger partial charge in [-0.3, -0.25) is 0 Å². The minimum atomic E-state index is -4.67. The Morgan fingerprint density at radius 2 is 1.52 bits per heavy atom. The number of nitrogens with zero attached hydrogens (tertiary/aromatic N) is 3. The number of hydrogen-bond donors (Lipinski definition) is 1. The van der Waals surface area contributed by atoms with Gasteiger partial charge in [0.15, 0.2) is 0 Å². The van der Waals surface area contributed by atoms with E-state index in [4.69, 9.17) is 5.73 Å². The number of alkyl halides is 3. The maximum Gasteiger partial charge on any atom is 0.573 e. The van der Waals surface area contributed by atoms with Crippen LogP contribution in [0.2, 0.25) is 0 Å². The van der Waals surface area contributed by atoms with E-state index in [2.05, 4.69) is 33.0 Å². The Kier molecular flexibility index (Phi) is 6.13. The standard InChI is InChI=1S/C12H11N.C9H6F3N3O/c13-12-8-4-7-11(9-12)10-5-2-1-3-6-10;10-9(11,12)16-8-3-1-7(2-4-8)15-6-13-5-14-15/h1-9H,13H2;1-6H. The number of anilines is 1. The molecule has 0 aliphatic rings. The molecule has 1 heterocycles. The molecule has 0 amide bonds. The number of halogens is 3. The van der Waals surface area contributed by atoms with E-state index >= 15 is 0 Å². The summed E-state index contributed by atoms with van der Waals surface area (Å²) < 4.78 is 40.8. The zero-order valence-electron chi connectivity index (χ0n) is 15.1. The van der Waals surface area contributed by atoms with Gasteiger partial charge in [0.1, 0.15) is 18.4 Å². The van der Waals surface area contributed by atoms with E-state index in [1.807, 2.05) is 36.4 Å². The summed E-state index contributed by atoms with van der Waals surface area (Å²) in [6, 6.07) is 23.5. The van der Waals surface area contributed by atoms with Gasteiger partial charge in [-0.1, -0.05) is 42.5 Å². The highest BCUT2D eigenvalue weighted by Crippen LogP contribution is 2.23. The van der Waals surface area contributed by atoms with Crippen molar-refractivity contribution in [2.45, 2.75) is 6.36 Å². The van der Waals surface area contributed by atoms with Crippen LogP contribution in [0.25, 0.3) is 16.8 Å². The van der Waals surface area contributed by atoms with E-state index in [1.165, 1.54) is 52.7 Å². The van der Waals surface area contributed by atoms with Gasteiger partial charge in [-0.25, -0.2) is 9.67 Å². The van der Waals surface area contributed by atoms with Crippen molar-refractivity contribution < 1.29 is 17.9 Å². The molecule has 0 bridgehead atoms.